The molecule has 0 fully saturated rings. The van der Waals surface area contributed by atoms with E-state index in [9.17, 15) is 4.79 Å². The summed E-state index contributed by atoms with van der Waals surface area (Å²) in [6.45, 7) is 5.81. The first-order valence-corrected chi connectivity index (χ1v) is 9.03. The standard InChI is InChI=1S/C15H21N5OS2.HI/c1-10-4-7-22-12(10)8-19-15(16-3)18-6-5-17-14(21)13-11(2)20-9-23-13;/h4,7,9H,5-6,8H2,1-3H3,(H,17,21)(H2,16,18,19);1H. The van der Waals surface area contributed by atoms with E-state index in [0.29, 0.717) is 18.0 Å². The maximum Gasteiger partial charge on any atom is 0.263 e. The number of thiophene rings is 1. The Labute approximate surface area is 167 Å². The molecule has 2 aromatic rings. The van der Waals surface area contributed by atoms with Gasteiger partial charge < -0.3 is 16.0 Å². The lowest BCUT2D eigenvalue weighted by molar-refractivity contribution is 0.0957. The minimum absolute atomic E-state index is 0. The lowest BCUT2D eigenvalue weighted by Gasteiger charge is -2.12. The highest BCUT2D eigenvalue weighted by Crippen LogP contribution is 2.14. The molecule has 0 saturated heterocycles. The van der Waals surface area contributed by atoms with E-state index in [4.69, 9.17) is 0 Å². The minimum Gasteiger partial charge on any atom is -0.355 e. The van der Waals surface area contributed by atoms with Crippen LogP contribution in [0.5, 0.6) is 0 Å². The van der Waals surface area contributed by atoms with Crippen LogP contribution in [-0.2, 0) is 6.54 Å². The second kappa shape index (κ2) is 10.6. The van der Waals surface area contributed by atoms with Crippen LogP contribution in [0.2, 0.25) is 0 Å². The van der Waals surface area contributed by atoms with Crippen molar-refractivity contribution in [2.75, 3.05) is 20.1 Å². The number of amides is 1. The molecule has 0 atom stereocenters. The molecular formula is C15H22IN5OS2. The van der Waals surface area contributed by atoms with Crippen molar-refractivity contribution in [2.45, 2.75) is 20.4 Å². The molecule has 132 valence electrons. The number of hydrogen-bond donors (Lipinski definition) is 3. The molecule has 0 saturated carbocycles. The van der Waals surface area contributed by atoms with Gasteiger partial charge in [-0.25, -0.2) is 4.98 Å². The molecule has 0 aliphatic carbocycles. The van der Waals surface area contributed by atoms with E-state index in [-0.39, 0.29) is 29.9 Å². The molecule has 3 N–H and O–H groups in total. The van der Waals surface area contributed by atoms with E-state index < -0.39 is 0 Å². The number of nitrogens with zero attached hydrogens (tertiary/aromatic N) is 2. The van der Waals surface area contributed by atoms with Gasteiger partial charge in [-0.1, -0.05) is 0 Å². The fraction of sp³-hybridized carbons (Fsp3) is 0.400. The Morgan fingerprint density at radius 2 is 1.96 bits per heavy atom. The zero-order valence-electron chi connectivity index (χ0n) is 13.9. The number of rotatable bonds is 6. The Hall–Kier alpha value is -1.20. The number of aliphatic imine (C=N–C) groups is 1. The highest BCUT2D eigenvalue weighted by molar-refractivity contribution is 14.0. The molecule has 0 bridgehead atoms. The van der Waals surface area contributed by atoms with Gasteiger partial charge in [-0.05, 0) is 30.9 Å². The van der Waals surface area contributed by atoms with Gasteiger partial charge in [-0.2, -0.15) is 0 Å². The highest BCUT2D eigenvalue weighted by Gasteiger charge is 2.10. The first-order valence-electron chi connectivity index (χ1n) is 7.27. The van der Waals surface area contributed by atoms with Crippen LogP contribution < -0.4 is 16.0 Å². The molecule has 9 heteroatoms. The van der Waals surface area contributed by atoms with Crippen LogP contribution in [0.25, 0.3) is 0 Å². The van der Waals surface area contributed by atoms with Gasteiger partial charge >= 0.3 is 0 Å². The number of nitrogens with one attached hydrogen (secondary N) is 3. The molecule has 2 aromatic heterocycles. The van der Waals surface area contributed by atoms with Gasteiger partial charge in [0.1, 0.15) is 4.88 Å². The van der Waals surface area contributed by atoms with E-state index in [1.54, 1.807) is 23.9 Å². The lowest BCUT2D eigenvalue weighted by Crippen LogP contribution is -2.41. The first kappa shape index (κ1) is 20.8. The summed E-state index contributed by atoms with van der Waals surface area (Å²) < 4.78 is 0. The highest BCUT2D eigenvalue weighted by atomic mass is 127. The molecular weight excluding hydrogens is 457 g/mol. The Morgan fingerprint density at radius 3 is 2.54 bits per heavy atom. The Morgan fingerprint density at radius 1 is 1.21 bits per heavy atom. The van der Waals surface area contributed by atoms with Crippen LogP contribution >= 0.6 is 46.7 Å². The normalized spacial score (nSPS) is 10.9. The smallest absolute Gasteiger partial charge is 0.263 e. The zero-order valence-corrected chi connectivity index (χ0v) is 17.8. The second-order valence-corrected chi connectivity index (χ2v) is 6.76. The van der Waals surface area contributed by atoms with Crippen LogP contribution in [0.3, 0.4) is 0 Å². The fourth-order valence-electron chi connectivity index (χ4n) is 1.93. The van der Waals surface area contributed by atoms with Crippen molar-refractivity contribution in [1.82, 2.24) is 20.9 Å². The number of hydrogen-bond acceptors (Lipinski definition) is 5. The van der Waals surface area contributed by atoms with Gasteiger partial charge in [0.05, 0.1) is 17.7 Å². The van der Waals surface area contributed by atoms with Crippen molar-refractivity contribution in [3.8, 4) is 0 Å². The summed E-state index contributed by atoms with van der Waals surface area (Å²) in [5.41, 5.74) is 3.73. The van der Waals surface area contributed by atoms with Crippen LogP contribution in [0.15, 0.2) is 21.9 Å². The summed E-state index contributed by atoms with van der Waals surface area (Å²) in [5.74, 6) is 0.643. The molecule has 24 heavy (non-hydrogen) atoms. The lowest BCUT2D eigenvalue weighted by atomic mass is 10.3. The van der Waals surface area contributed by atoms with Gasteiger partial charge in [0, 0.05) is 25.0 Å². The topological polar surface area (TPSA) is 78.4 Å². The number of carbonyl (C=O) groups is 1. The zero-order chi connectivity index (χ0) is 16.7. The van der Waals surface area contributed by atoms with Crippen molar-refractivity contribution in [1.29, 1.82) is 0 Å². The molecule has 1 amide bonds. The maximum absolute atomic E-state index is 11.9. The Balaban J connectivity index is 0.00000288. The first-order chi connectivity index (χ1) is 11.1. The quantitative estimate of drug-likeness (QED) is 0.258. The number of halogens is 1. The summed E-state index contributed by atoms with van der Waals surface area (Å²) in [6, 6.07) is 2.11. The average Bonchev–Trinajstić information content (AvgIpc) is 3.15. The number of thiazole rings is 1. The third-order valence-corrected chi connectivity index (χ3v) is 5.21. The van der Waals surface area contributed by atoms with Crippen LogP contribution in [-0.4, -0.2) is 37.0 Å². The third kappa shape index (κ3) is 6.02. The van der Waals surface area contributed by atoms with E-state index >= 15 is 0 Å². The molecule has 0 unspecified atom stereocenters. The Bertz CT molecular complexity index is 683. The molecule has 0 spiro atoms. The molecule has 0 radical (unpaired) electrons. The monoisotopic (exact) mass is 479 g/mol. The van der Waals surface area contributed by atoms with Crippen LogP contribution in [0.4, 0.5) is 0 Å². The molecule has 0 aliphatic heterocycles. The minimum atomic E-state index is -0.0797. The molecule has 0 aromatic carbocycles. The number of guanidine groups is 1. The predicted molar refractivity (Wildman–Crippen MR) is 112 cm³/mol. The predicted octanol–water partition coefficient (Wildman–Crippen LogP) is 2.53. The summed E-state index contributed by atoms with van der Waals surface area (Å²) in [5, 5.41) is 11.4. The van der Waals surface area contributed by atoms with Gasteiger partial charge in [0.15, 0.2) is 5.96 Å². The summed E-state index contributed by atoms with van der Waals surface area (Å²) in [6.07, 6.45) is 0. The molecule has 6 nitrogen and oxygen atoms in total. The van der Waals surface area contributed by atoms with E-state index in [1.807, 2.05) is 6.92 Å². The van der Waals surface area contributed by atoms with E-state index in [2.05, 4.69) is 44.3 Å². The van der Waals surface area contributed by atoms with Crippen molar-refractivity contribution in [2.24, 2.45) is 4.99 Å². The van der Waals surface area contributed by atoms with Crippen LogP contribution in [0, 0.1) is 13.8 Å². The summed E-state index contributed by atoms with van der Waals surface area (Å²) in [7, 11) is 1.73. The third-order valence-electron chi connectivity index (χ3n) is 3.26. The van der Waals surface area contributed by atoms with Gasteiger partial charge in [-0.3, -0.25) is 9.79 Å². The largest absolute Gasteiger partial charge is 0.355 e. The molecule has 2 rings (SSSR count). The van der Waals surface area contributed by atoms with E-state index in [1.165, 1.54) is 21.8 Å². The van der Waals surface area contributed by atoms with Crippen LogP contribution in [0.1, 0.15) is 25.8 Å². The van der Waals surface area contributed by atoms with Crippen molar-refractivity contribution < 1.29 is 4.79 Å². The molecule has 0 aliphatic rings. The van der Waals surface area contributed by atoms with Crippen molar-refractivity contribution >= 4 is 58.5 Å². The average molecular weight is 479 g/mol. The summed E-state index contributed by atoms with van der Waals surface area (Å²) >= 11 is 3.08. The van der Waals surface area contributed by atoms with Crippen molar-refractivity contribution in [3.63, 3.8) is 0 Å². The maximum atomic E-state index is 11.9. The van der Waals surface area contributed by atoms with Gasteiger partial charge in [0.25, 0.3) is 5.91 Å². The number of aryl methyl sites for hydroxylation is 2. The molecule has 2 heterocycles. The number of carbonyl (C=O) groups excluding carboxylic acids is 1. The van der Waals surface area contributed by atoms with Crippen molar-refractivity contribution in [3.05, 3.63) is 38.0 Å². The van der Waals surface area contributed by atoms with E-state index in [0.717, 1.165) is 18.2 Å². The fourth-order valence-corrected chi connectivity index (χ4v) is 3.49. The SMILES string of the molecule is CN=C(NCCNC(=O)c1scnc1C)NCc1sccc1C.I. The van der Waals surface area contributed by atoms with Gasteiger partial charge in [-0.15, -0.1) is 46.7 Å². The van der Waals surface area contributed by atoms with Gasteiger partial charge in [0.2, 0.25) is 0 Å². The summed E-state index contributed by atoms with van der Waals surface area (Å²) in [4.78, 5) is 22.2. The Kier molecular flexibility index (Phi) is 9.22. The number of aromatic nitrogens is 1. The second-order valence-electron chi connectivity index (χ2n) is 4.90.